The molecule has 0 fully saturated rings. The van der Waals surface area contributed by atoms with Gasteiger partial charge >= 0.3 is 0 Å². The van der Waals surface area contributed by atoms with Crippen LogP contribution in [0.3, 0.4) is 0 Å². The van der Waals surface area contributed by atoms with E-state index >= 15 is 0 Å². The number of oxazole rings is 1. The second-order valence-corrected chi connectivity index (χ2v) is 5.27. The van der Waals surface area contributed by atoms with Gasteiger partial charge in [0.2, 0.25) is 5.89 Å². The summed E-state index contributed by atoms with van der Waals surface area (Å²) in [4.78, 5) is 15.3. The molecule has 0 aliphatic carbocycles. The third kappa shape index (κ3) is 2.53. The van der Waals surface area contributed by atoms with Gasteiger partial charge in [-0.05, 0) is 24.3 Å². The summed E-state index contributed by atoms with van der Waals surface area (Å²) in [6.45, 7) is 1.40. The lowest BCUT2D eigenvalue weighted by Crippen LogP contribution is -2.30. The Morgan fingerprint density at radius 2 is 2.09 bits per heavy atom. The van der Waals surface area contributed by atoms with E-state index in [0.717, 1.165) is 35.9 Å². The van der Waals surface area contributed by atoms with Gasteiger partial charge in [-0.15, -0.1) is 0 Å². The van der Waals surface area contributed by atoms with Gasteiger partial charge in [0.1, 0.15) is 34.7 Å². The van der Waals surface area contributed by atoms with Crippen LogP contribution < -0.4 is 4.90 Å². The fourth-order valence-corrected chi connectivity index (χ4v) is 2.65. The number of nitriles is 1. The number of fused-ring (bicyclic) bond motifs is 1. The van der Waals surface area contributed by atoms with Crippen molar-refractivity contribution >= 4 is 5.82 Å². The molecule has 0 aromatic carbocycles. The van der Waals surface area contributed by atoms with Gasteiger partial charge in [0.05, 0.1) is 6.54 Å². The molecule has 112 valence electrons. The van der Waals surface area contributed by atoms with Crippen LogP contribution in [0.4, 0.5) is 5.82 Å². The average Bonchev–Trinajstić information content (AvgIpc) is 3.06. The first-order chi connectivity index (χ1) is 11.3. The molecule has 1 aliphatic heterocycles. The van der Waals surface area contributed by atoms with Gasteiger partial charge in [0.25, 0.3) is 0 Å². The molecule has 23 heavy (non-hydrogen) atoms. The molecule has 0 saturated carbocycles. The summed E-state index contributed by atoms with van der Waals surface area (Å²) >= 11 is 0. The van der Waals surface area contributed by atoms with E-state index in [-0.39, 0.29) is 0 Å². The Bertz CT molecular complexity index is 881. The molecule has 3 aromatic heterocycles. The van der Waals surface area contributed by atoms with Gasteiger partial charge in [0.15, 0.2) is 0 Å². The predicted octanol–water partition coefficient (Wildman–Crippen LogP) is 2.57. The van der Waals surface area contributed by atoms with Gasteiger partial charge in [-0.25, -0.2) is 9.97 Å². The van der Waals surface area contributed by atoms with Gasteiger partial charge in [0, 0.05) is 19.2 Å². The van der Waals surface area contributed by atoms with E-state index in [9.17, 15) is 0 Å². The van der Waals surface area contributed by atoms with E-state index in [1.165, 1.54) is 0 Å². The largest absolute Gasteiger partial charge is 0.439 e. The van der Waals surface area contributed by atoms with Crippen molar-refractivity contribution < 1.29 is 4.42 Å². The van der Waals surface area contributed by atoms with Crippen LogP contribution >= 0.6 is 0 Å². The topological polar surface area (TPSA) is 78.8 Å². The van der Waals surface area contributed by atoms with Crippen molar-refractivity contribution in [1.82, 2.24) is 15.0 Å². The van der Waals surface area contributed by atoms with E-state index in [0.29, 0.717) is 18.1 Å². The molecule has 0 unspecified atom stereocenters. The molecule has 0 amide bonds. The third-order valence-corrected chi connectivity index (χ3v) is 3.78. The minimum atomic E-state index is 0.419. The minimum Gasteiger partial charge on any atom is -0.439 e. The molecule has 0 bridgehead atoms. The van der Waals surface area contributed by atoms with Gasteiger partial charge in [-0.3, -0.25) is 4.98 Å². The Balaban J connectivity index is 1.62. The molecule has 6 nitrogen and oxygen atoms in total. The smallest absolute Gasteiger partial charge is 0.245 e. The van der Waals surface area contributed by atoms with Crippen molar-refractivity contribution in [1.29, 1.82) is 5.26 Å². The highest BCUT2D eigenvalue weighted by atomic mass is 16.4. The van der Waals surface area contributed by atoms with Crippen molar-refractivity contribution in [3.05, 3.63) is 59.7 Å². The summed E-state index contributed by atoms with van der Waals surface area (Å²) in [5.41, 5.74) is 2.06. The molecule has 4 heterocycles. The third-order valence-electron chi connectivity index (χ3n) is 3.78. The molecule has 0 radical (unpaired) electrons. The number of pyridine rings is 2. The lowest BCUT2D eigenvalue weighted by atomic mass is 10.1. The second kappa shape index (κ2) is 5.54. The zero-order valence-electron chi connectivity index (χ0n) is 12.3. The first-order valence-corrected chi connectivity index (χ1v) is 7.35. The highest BCUT2D eigenvalue weighted by Crippen LogP contribution is 2.27. The summed E-state index contributed by atoms with van der Waals surface area (Å²) in [7, 11) is 0. The van der Waals surface area contributed by atoms with E-state index in [1.807, 2.05) is 30.3 Å². The van der Waals surface area contributed by atoms with Crippen LogP contribution in [0.1, 0.15) is 17.1 Å². The van der Waals surface area contributed by atoms with Crippen LogP contribution in [0.25, 0.3) is 11.6 Å². The van der Waals surface area contributed by atoms with Crippen molar-refractivity contribution in [2.75, 3.05) is 11.4 Å². The molecule has 0 spiro atoms. The van der Waals surface area contributed by atoms with E-state index in [2.05, 4.69) is 25.9 Å². The van der Waals surface area contributed by atoms with Crippen molar-refractivity contribution in [3.63, 3.8) is 0 Å². The monoisotopic (exact) mass is 303 g/mol. The van der Waals surface area contributed by atoms with E-state index < -0.39 is 0 Å². The van der Waals surface area contributed by atoms with Crippen LogP contribution in [0, 0.1) is 11.3 Å². The van der Waals surface area contributed by atoms with Crippen LogP contribution in [-0.4, -0.2) is 21.5 Å². The number of rotatable bonds is 2. The highest BCUT2D eigenvalue weighted by molar-refractivity contribution is 5.49. The fourth-order valence-electron chi connectivity index (χ4n) is 2.65. The molecule has 4 rings (SSSR count). The van der Waals surface area contributed by atoms with Crippen LogP contribution in [0.2, 0.25) is 0 Å². The average molecular weight is 303 g/mol. The van der Waals surface area contributed by atoms with Crippen LogP contribution in [-0.2, 0) is 13.0 Å². The zero-order chi connectivity index (χ0) is 15.6. The lowest BCUT2D eigenvalue weighted by Gasteiger charge is -2.26. The second-order valence-electron chi connectivity index (χ2n) is 5.27. The molecule has 0 saturated heterocycles. The molecular weight excluding hydrogens is 290 g/mol. The molecule has 1 aliphatic rings. The fraction of sp³-hybridized carbons (Fsp3) is 0.176. The lowest BCUT2D eigenvalue weighted by molar-refractivity contribution is 0.497. The summed E-state index contributed by atoms with van der Waals surface area (Å²) in [5.74, 6) is 2.24. The molecule has 6 heteroatoms. The Morgan fingerprint density at radius 3 is 2.91 bits per heavy atom. The number of hydrogen-bond acceptors (Lipinski definition) is 6. The van der Waals surface area contributed by atoms with Gasteiger partial charge in [-0.1, -0.05) is 12.1 Å². The van der Waals surface area contributed by atoms with Crippen molar-refractivity contribution in [2.24, 2.45) is 0 Å². The molecule has 0 atom stereocenters. The summed E-state index contributed by atoms with van der Waals surface area (Å²) in [6, 6.07) is 13.2. The standard InChI is InChI=1S/C17H13N5O/c18-10-12-4-3-6-16(20-12)22-9-7-15-14(11-22)21-17(23-15)13-5-1-2-8-19-13/h1-6,8H,7,9,11H2. The van der Waals surface area contributed by atoms with Gasteiger partial charge < -0.3 is 9.32 Å². The first-order valence-electron chi connectivity index (χ1n) is 7.35. The van der Waals surface area contributed by atoms with Gasteiger partial charge in [-0.2, -0.15) is 5.26 Å². The molecule has 3 aromatic rings. The van der Waals surface area contributed by atoms with Crippen LogP contribution in [0.15, 0.2) is 47.0 Å². The summed E-state index contributed by atoms with van der Waals surface area (Å²) in [6.07, 6.45) is 2.48. The number of hydrogen-bond donors (Lipinski definition) is 0. The molecule has 0 N–H and O–H groups in total. The van der Waals surface area contributed by atoms with Crippen molar-refractivity contribution in [2.45, 2.75) is 13.0 Å². The maximum atomic E-state index is 8.98. The van der Waals surface area contributed by atoms with Crippen molar-refractivity contribution in [3.8, 4) is 17.7 Å². The Morgan fingerprint density at radius 1 is 1.13 bits per heavy atom. The first kappa shape index (κ1) is 13.5. The van der Waals surface area contributed by atoms with Crippen LogP contribution in [0.5, 0.6) is 0 Å². The number of aromatic nitrogens is 3. The zero-order valence-corrected chi connectivity index (χ0v) is 12.3. The molecular formula is C17H13N5O. The van der Waals surface area contributed by atoms with E-state index in [1.54, 1.807) is 12.3 Å². The minimum absolute atomic E-state index is 0.419. The summed E-state index contributed by atoms with van der Waals surface area (Å²) in [5, 5.41) is 8.98. The van der Waals surface area contributed by atoms with E-state index in [4.69, 9.17) is 9.68 Å². The summed E-state index contributed by atoms with van der Waals surface area (Å²) < 4.78 is 5.85. The Hall–Kier alpha value is -3.20. The number of anilines is 1. The number of nitrogens with zero attached hydrogens (tertiary/aromatic N) is 5. The highest BCUT2D eigenvalue weighted by Gasteiger charge is 2.24. The normalized spacial score (nSPS) is 13.4. The maximum absolute atomic E-state index is 8.98. The predicted molar refractivity (Wildman–Crippen MR) is 83.4 cm³/mol. The Kier molecular flexibility index (Phi) is 3.24. The maximum Gasteiger partial charge on any atom is 0.245 e. The quantitative estimate of drug-likeness (QED) is 0.724. The SMILES string of the molecule is N#Cc1cccc(N2CCc3oc(-c4ccccn4)nc3C2)n1. The Labute approximate surface area is 133 Å².